The van der Waals surface area contributed by atoms with Gasteiger partial charge in [0.25, 0.3) is 5.91 Å². The van der Waals surface area contributed by atoms with E-state index < -0.39 is 0 Å². The highest BCUT2D eigenvalue weighted by Gasteiger charge is 2.17. The summed E-state index contributed by atoms with van der Waals surface area (Å²) >= 11 is 0. The number of hydrogen-bond acceptors (Lipinski definition) is 7. The molecule has 0 saturated heterocycles. The van der Waals surface area contributed by atoms with Crippen molar-refractivity contribution in [2.75, 3.05) is 52.9 Å². The number of carbonyl (C=O) groups excluding carboxylic acids is 1. The first-order chi connectivity index (χ1) is 15.5. The van der Waals surface area contributed by atoms with Gasteiger partial charge in [0.05, 0.1) is 24.2 Å². The molecule has 1 amide bonds. The summed E-state index contributed by atoms with van der Waals surface area (Å²) in [7, 11) is 5.22. The number of aryl methyl sites for hydroxylation is 2. The zero-order valence-corrected chi connectivity index (χ0v) is 19.4. The van der Waals surface area contributed by atoms with Crippen LogP contribution < -0.4 is 10.5 Å². The summed E-state index contributed by atoms with van der Waals surface area (Å²) < 4.78 is 18.1. The number of rotatable bonds is 12. The second-order valence-corrected chi connectivity index (χ2v) is 7.72. The lowest BCUT2D eigenvalue weighted by atomic mass is 10.1. The van der Waals surface area contributed by atoms with E-state index >= 15 is 0 Å². The van der Waals surface area contributed by atoms with Crippen molar-refractivity contribution < 1.29 is 19.0 Å². The highest BCUT2D eigenvalue weighted by Crippen LogP contribution is 2.31. The molecule has 0 aliphatic rings. The normalized spacial score (nSPS) is 11.4. The first-order valence-electron chi connectivity index (χ1n) is 10.9. The fraction of sp³-hybridized carbons (Fsp3) is 0.522. The summed E-state index contributed by atoms with van der Waals surface area (Å²) in [4.78, 5) is 23.6. The Morgan fingerprint density at radius 1 is 1.16 bits per heavy atom. The predicted octanol–water partition coefficient (Wildman–Crippen LogP) is 2.55. The molecular formula is C23H33N5O4. The van der Waals surface area contributed by atoms with Crippen LogP contribution in [0.2, 0.25) is 0 Å². The van der Waals surface area contributed by atoms with E-state index in [1.807, 2.05) is 19.2 Å². The highest BCUT2D eigenvalue weighted by atomic mass is 16.5. The van der Waals surface area contributed by atoms with Crippen molar-refractivity contribution in [1.82, 2.24) is 19.4 Å². The van der Waals surface area contributed by atoms with E-state index in [2.05, 4.69) is 16.5 Å². The van der Waals surface area contributed by atoms with Crippen LogP contribution in [-0.2, 0) is 27.7 Å². The molecule has 0 atom stereocenters. The Morgan fingerprint density at radius 3 is 2.53 bits per heavy atom. The molecule has 2 heterocycles. The van der Waals surface area contributed by atoms with Crippen LogP contribution >= 0.6 is 0 Å². The van der Waals surface area contributed by atoms with Gasteiger partial charge in [-0.25, -0.2) is 9.97 Å². The molecule has 32 heavy (non-hydrogen) atoms. The van der Waals surface area contributed by atoms with Crippen LogP contribution in [-0.4, -0.2) is 72.5 Å². The number of benzene rings is 1. The fourth-order valence-electron chi connectivity index (χ4n) is 3.67. The van der Waals surface area contributed by atoms with Crippen molar-refractivity contribution in [3.63, 3.8) is 0 Å². The smallest absolute Gasteiger partial charge is 0.260 e. The Balaban J connectivity index is 1.85. The maximum absolute atomic E-state index is 12.7. The monoisotopic (exact) mass is 443 g/mol. The molecule has 2 aromatic heterocycles. The molecule has 0 spiro atoms. The van der Waals surface area contributed by atoms with Crippen molar-refractivity contribution in [3.05, 3.63) is 24.0 Å². The highest BCUT2D eigenvalue weighted by molar-refractivity contribution is 6.07. The van der Waals surface area contributed by atoms with Crippen LogP contribution in [0.4, 0.5) is 5.82 Å². The van der Waals surface area contributed by atoms with E-state index in [1.165, 1.54) is 0 Å². The SMILES string of the molecule is CCCCc1nc2c(N)nc3ccc(OCC(=O)N(CCOC)CCOC)cc3c2n1C. The number of nitrogen functional groups attached to an aromatic ring is 1. The number of amides is 1. The molecule has 2 N–H and O–H groups in total. The van der Waals surface area contributed by atoms with Gasteiger partial charge in [-0.05, 0) is 24.6 Å². The quantitative estimate of drug-likeness (QED) is 0.459. The zero-order chi connectivity index (χ0) is 23.1. The number of imidazole rings is 1. The van der Waals surface area contributed by atoms with Crippen molar-refractivity contribution >= 4 is 33.7 Å². The summed E-state index contributed by atoms with van der Waals surface area (Å²) in [5, 5.41) is 0.896. The molecule has 1 aromatic carbocycles. The first kappa shape index (κ1) is 23.7. The molecule has 0 fully saturated rings. The minimum absolute atomic E-state index is 0.0718. The van der Waals surface area contributed by atoms with E-state index in [1.54, 1.807) is 25.2 Å². The van der Waals surface area contributed by atoms with Crippen LogP contribution in [0.15, 0.2) is 18.2 Å². The molecule has 0 aliphatic carbocycles. The largest absolute Gasteiger partial charge is 0.484 e. The number of hydrogen-bond donors (Lipinski definition) is 1. The number of nitrogens with zero attached hydrogens (tertiary/aromatic N) is 4. The summed E-state index contributed by atoms with van der Waals surface area (Å²) in [6.45, 7) is 3.97. The average Bonchev–Trinajstić information content (AvgIpc) is 3.13. The third-order valence-corrected chi connectivity index (χ3v) is 5.49. The summed E-state index contributed by atoms with van der Waals surface area (Å²) in [6.07, 6.45) is 3.03. The van der Waals surface area contributed by atoms with Crippen molar-refractivity contribution in [3.8, 4) is 5.75 Å². The van der Waals surface area contributed by atoms with Gasteiger partial charge < -0.3 is 29.4 Å². The lowest BCUT2D eigenvalue weighted by molar-refractivity contribution is -0.134. The van der Waals surface area contributed by atoms with Gasteiger partial charge in [-0.3, -0.25) is 4.79 Å². The number of nitrogens with two attached hydrogens (primary N) is 1. The Morgan fingerprint density at radius 2 is 1.88 bits per heavy atom. The number of methoxy groups -OCH3 is 2. The number of ether oxygens (including phenoxy) is 3. The molecule has 9 heteroatoms. The number of carbonyl (C=O) groups is 1. The van der Waals surface area contributed by atoms with E-state index in [0.29, 0.717) is 43.4 Å². The topological polar surface area (TPSA) is 105 Å². The Bertz CT molecular complexity index is 1060. The van der Waals surface area contributed by atoms with E-state index in [-0.39, 0.29) is 12.5 Å². The molecule has 3 rings (SSSR count). The van der Waals surface area contributed by atoms with Crippen molar-refractivity contribution in [1.29, 1.82) is 0 Å². The summed E-state index contributed by atoms with van der Waals surface area (Å²) in [6, 6.07) is 5.56. The van der Waals surface area contributed by atoms with E-state index in [0.717, 1.165) is 41.5 Å². The first-order valence-corrected chi connectivity index (χ1v) is 10.9. The van der Waals surface area contributed by atoms with Gasteiger partial charge >= 0.3 is 0 Å². The number of unbranched alkanes of at least 4 members (excludes halogenated alkanes) is 1. The van der Waals surface area contributed by atoms with Crippen LogP contribution in [0.5, 0.6) is 5.75 Å². The molecule has 3 aromatic rings. The van der Waals surface area contributed by atoms with Crippen LogP contribution in [0, 0.1) is 0 Å². The second kappa shape index (κ2) is 11.1. The van der Waals surface area contributed by atoms with Gasteiger partial charge in [0.15, 0.2) is 12.4 Å². The Labute approximate surface area is 188 Å². The number of aromatic nitrogens is 3. The lowest BCUT2D eigenvalue weighted by Gasteiger charge is -2.22. The molecule has 0 radical (unpaired) electrons. The molecule has 0 saturated carbocycles. The molecule has 0 bridgehead atoms. The maximum atomic E-state index is 12.7. The summed E-state index contributed by atoms with van der Waals surface area (Å²) in [5.74, 6) is 1.87. The Kier molecular flexibility index (Phi) is 8.24. The van der Waals surface area contributed by atoms with E-state index in [4.69, 9.17) is 24.9 Å². The third kappa shape index (κ3) is 5.28. The predicted molar refractivity (Wildman–Crippen MR) is 125 cm³/mol. The standard InChI is InChI=1S/C23H33N5O4/c1-5-6-7-19-26-21-22(27(19)2)17-14-16(8-9-18(17)25-23(21)24)32-15-20(29)28(10-12-30-3)11-13-31-4/h8-9,14H,5-7,10-13,15H2,1-4H3,(H2,24,25). The lowest BCUT2D eigenvalue weighted by Crippen LogP contribution is -2.39. The molecular weight excluding hydrogens is 410 g/mol. The van der Waals surface area contributed by atoms with E-state index in [9.17, 15) is 4.79 Å². The molecule has 9 nitrogen and oxygen atoms in total. The minimum Gasteiger partial charge on any atom is -0.484 e. The van der Waals surface area contributed by atoms with Gasteiger partial charge in [-0.1, -0.05) is 13.3 Å². The molecule has 0 unspecified atom stereocenters. The number of anilines is 1. The second-order valence-electron chi connectivity index (χ2n) is 7.72. The van der Waals surface area contributed by atoms with Crippen LogP contribution in [0.1, 0.15) is 25.6 Å². The number of fused-ring (bicyclic) bond motifs is 3. The van der Waals surface area contributed by atoms with Gasteiger partial charge in [0.2, 0.25) is 0 Å². The fourth-order valence-corrected chi connectivity index (χ4v) is 3.67. The van der Waals surface area contributed by atoms with Gasteiger partial charge in [0, 0.05) is 46.2 Å². The van der Waals surface area contributed by atoms with Gasteiger partial charge in [-0.15, -0.1) is 0 Å². The van der Waals surface area contributed by atoms with Crippen molar-refractivity contribution in [2.45, 2.75) is 26.2 Å². The van der Waals surface area contributed by atoms with Crippen molar-refractivity contribution in [2.24, 2.45) is 7.05 Å². The number of pyridine rings is 1. The van der Waals surface area contributed by atoms with Gasteiger partial charge in [0.1, 0.15) is 17.1 Å². The Hall–Kier alpha value is -2.91. The average molecular weight is 444 g/mol. The molecule has 0 aliphatic heterocycles. The van der Waals surface area contributed by atoms with Crippen LogP contribution in [0.25, 0.3) is 21.9 Å². The maximum Gasteiger partial charge on any atom is 0.260 e. The summed E-state index contributed by atoms with van der Waals surface area (Å²) in [5.41, 5.74) is 8.59. The zero-order valence-electron chi connectivity index (χ0n) is 19.4. The third-order valence-electron chi connectivity index (χ3n) is 5.49. The van der Waals surface area contributed by atoms with Gasteiger partial charge in [-0.2, -0.15) is 0 Å². The van der Waals surface area contributed by atoms with Crippen LogP contribution in [0.3, 0.4) is 0 Å². The minimum atomic E-state index is -0.123. The molecule has 174 valence electrons.